The summed E-state index contributed by atoms with van der Waals surface area (Å²) in [6.45, 7) is 3.19. The van der Waals surface area contributed by atoms with E-state index in [-0.39, 0.29) is 25.6 Å². The largest absolute Gasteiger partial charge is 0.395 e. The van der Waals surface area contributed by atoms with Crippen molar-refractivity contribution in [1.29, 1.82) is 0 Å². The van der Waals surface area contributed by atoms with Crippen LogP contribution in [0.1, 0.15) is 9.75 Å². The first-order valence-corrected chi connectivity index (χ1v) is 7.18. The molecule has 108 valence electrons. The van der Waals surface area contributed by atoms with E-state index in [4.69, 9.17) is 5.11 Å². The molecule has 0 unspecified atom stereocenters. The summed E-state index contributed by atoms with van der Waals surface area (Å²) in [6.07, 6.45) is 3.48. The van der Waals surface area contributed by atoms with Crippen LogP contribution in [0.3, 0.4) is 0 Å². The number of thiophene rings is 1. The number of aliphatic hydroxyl groups is 1. The van der Waals surface area contributed by atoms with Gasteiger partial charge in [-0.15, -0.1) is 11.3 Å². The van der Waals surface area contributed by atoms with Crippen LogP contribution in [0, 0.1) is 6.92 Å². The van der Waals surface area contributed by atoms with Crippen LogP contribution in [0.15, 0.2) is 24.5 Å². The Morgan fingerprint density at radius 3 is 3.05 bits per heavy atom. The Hall–Kier alpha value is -1.86. The number of nitrogens with one attached hydrogen (secondary N) is 2. The normalized spacial score (nSPS) is 10.5. The minimum atomic E-state index is -0.164. The smallest absolute Gasteiger partial charge is 0.241 e. The van der Waals surface area contributed by atoms with Crippen molar-refractivity contribution in [3.63, 3.8) is 0 Å². The second-order valence-corrected chi connectivity index (χ2v) is 5.74. The lowest BCUT2D eigenvalue weighted by atomic mass is 10.4. The molecule has 0 aliphatic rings. The van der Waals surface area contributed by atoms with E-state index >= 15 is 0 Å². The van der Waals surface area contributed by atoms with Crippen LogP contribution in [0.2, 0.25) is 0 Å². The van der Waals surface area contributed by atoms with E-state index in [1.807, 2.05) is 0 Å². The Morgan fingerprint density at radius 1 is 1.50 bits per heavy atom. The van der Waals surface area contributed by atoms with Crippen molar-refractivity contribution in [3.8, 4) is 0 Å². The highest BCUT2D eigenvalue weighted by Crippen LogP contribution is 2.16. The van der Waals surface area contributed by atoms with Gasteiger partial charge in [-0.05, 0) is 19.1 Å². The number of carbonyl (C=O) groups is 1. The van der Waals surface area contributed by atoms with E-state index in [0.717, 1.165) is 12.2 Å². The van der Waals surface area contributed by atoms with Crippen molar-refractivity contribution in [3.05, 3.63) is 34.3 Å². The average molecular weight is 294 g/mol. The zero-order valence-electron chi connectivity index (χ0n) is 11.3. The zero-order chi connectivity index (χ0) is 14.4. The third kappa shape index (κ3) is 4.36. The maximum Gasteiger partial charge on any atom is 0.241 e. The summed E-state index contributed by atoms with van der Waals surface area (Å²) in [7, 11) is 0. The number of aliphatic hydroxyl groups excluding tert-OH is 1. The monoisotopic (exact) mass is 294 g/mol. The molecule has 2 aromatic rings. The van der Waals surface area contributed by atoms with Crippen LogP contribution in [-0.2, 0) is 17.9 Å². The van der Waals surface area contributed by atoms with Crippen LogP contribution in [0.25, 0.3) is 0 Å². The number of nitrogens with zero attached hydrogens (tertiary/aromatic N) is 2. The number of carbonyl (C=O) groups excluding carboxylic acids is 1. The van der Waals surface area contributed by atoms with E-state index in [9.17, 15) is 4.79 Å². The molecule has 0 aliphatic carbocycles. The molecule has 2 rings (SSSR count). The lowest BCUT2D eigenvalue weighted by Crippen LogP contribution is -2.30. The fourth-order valence-corrected chi connectivity index (χ4v) is 2.54. The summed E-state index contributed by atoms with van der Waals surface area (Å²) >= 11 is 1.76. The maximum atomic E-state index is 11.5. The third-order valence-corrected chi connectivity index (χ3v) is 3.64. The number of aromatic nitrogens is 2. The van der Waals surface area contributed by atoms with Gasteiger partial charge in [0.2, 0.25) is 5.91 Å². The molecule has 0 aliphatic heterocycles. The molecule has 0 bridgehead atoms. The minimum Gasteiger partial charge on any atom is -0.395 e. The van der Waals surface area contributed by atoms with Crippen molar-refractivity contribution in [2.24, 2.45) is 0 Å². The Bertz CT molecular complexity index is 564. The second kappa shape index (κ2) is 7.06. The van der Waals surface area contributed by atoms with Crippen molar-refractivity contribution >= 4 is 22.9 Å². The molecule has 2 aromatic heterocycles. The Morgan fingerprint density at radius 2 is 2.35 bits per heavy atom. The molecule has 3 N–H and O–H groups in total. The minimum absolute atomic E-state index is 0.0577. The molecule has 20 heavy (non-hydrogen) atoms. The topological polar surface area (TPSA) is 79.2 Å². The molecular formula is C13H18N4O2S. The van der Waals surface area contributed by atoms with Gasteiger partial charge in [0, 0.05) is 29.0 Å². The van der Waals surface area contributed by atoms with Gasteiger partial charge in [-0.2, -0.15) is 5.10 Å². The number of anilines is 1. The van der Waals surface area contributed by atoms with Crippen LogP contribution in [0.5, 0.6) is 0 Å². The second-order valence-electron chi connectivity index (χ2n) is 4.37. The molecule has 0 radical (unpaired) electrons. The highest BCUT2D eigenvalue weighted by atomic mass is 32.1. The summed E-state index contributed by atoms with van der Waals surface area (Å²) in [4.78, 5) is 14.0. The summed E-state index contributed by atoms with van der Waals surface area (Å²) < 4.78 is 1.56. The highest BCUT2D eigenvalue weighted by molar-refractivity contribution is 7.11. The summed E-state index contributed by atoms with van der Waals surface area (Å²) in [6, 6.07) is 4.19. The van der Waals surface area contributed by atoms with Crippen molar-refractivity contribution in [1.82, 2.24) is 15.1 Å². The van der Waals surface area contributed by atoms with Gasteiger partial charge in [0.1, 0.15) is 6.54 Å². The molecule has 2 heterocycles. The predicted molar refractivity (Wildman–Crippen MR) is 78.7 cm³/mol. The first kappa shape index (κ1) is 14.5. The van der Waals surface area contributed by atoms with Crippen LogP contribution in [-0.4, -0.2) is 33.9 Å². The SMILES string of the molecule is Cc1ccc(CNc2cnn(CC(=O)NCCO)c2)s1. The predicted octanol–water partition coefficient (Wildman–Crippen LogP) is 0.974. The number of aryl methyl sites for hydroxylation is 1. The zero-order valence-corrected chi connectivity index (χ0v) is 12.1. The Balaban J connectivity index is 1.81. The first-order valence-electron chi connectivity index (χ1n) is 6.36. The van der Waals surface area contributed by atoms with Gasteiger partial charge >= 0.3 is 0 Å². The third-order valence-electron chi connectivity index (χ3n) is 2.64. The van der Waals surface area contributed by atoms with Gasteiger partial charge in [-0.1, -0.05) is 0 Å². The molecule has 0 aromatic carbocycles. The number of rotatable bonds is 7. The molecule has 7 heteroatoms. The average Bonchev–Trinajstić information content (AvgIpc) is 3.03. The maximum absolute atomic E-state index is 11.5. The van der Waals surface area contributed by atoms with E-state index in [2.05, 4.69) is 34.8 Å². The molecule has 0 atom stereocenters. The van der Waals surface area contributed by atoms with Gasteiger partial charge < -0.3 is 15.7 Å². The highest BCUT2D eigenvalue weighted by Gasteiger charge is 2.04. The number of hydrogen-bond acceptors (Lipinski definition) is 5. The van der Waals surface area contributed by atoms with E-state index in [1.165, 1.54) is 9.75 Å². The summed E-state index contributed by atoms with van der Waals surface area (Å²) in [5.74, 6) is -0.164. The van der Waals surface area contributed by atoms with Crippen molar-refractivity contribution in [2.75, 3.05) is 18.5 Å². The van der Waals surface area contributed by atoms with Gasteiger partial charge in [-0.3, -0.25) is 9.48 Å². The number of hydrogen-bond donors (Lipinski definition) is 3. The molecular weight excluding hydrogens is 276 g/mol. The standard InChI is InChI=1S/C13H18N4O2S/c1-10-2-3-12(20-10)7-15-11-6-16-17(8-11)9-13(19)14-4-5-18/h2-3,6,8,15,18H,4-5,7,9H2,1H3,(H,14,19). The van der Waals surface area contributed by atoms with Gasteiger partial charge in [0.15, 0.2) is 0 Å². The van der Waals surface area contributed by atoms with Crippen molar-refractivity contribution < 1.29 is 9.90 Å². The van der Waals surface area contributed by atoms with Crippen molar-refractivity contribution in [2.45, 2.75) is 20.0 Å². The summed E-state index contributed by atoms with van der Waals surface area (Å²) in [5, 5.41) is 18.6. The lowest BCUT2D eigenvalue weighted by molar-refractivity contribution is -0.122. The summed E-state index contributed by atoms with van der Waals surface area (Å²) in [5.41, 5.74) is 0.881. The molecule has 0 spiro atoms. The molecule has 0 saturated heterocycles. The van der Waals surface area contributed by atoms with Crippen LogP contribution >= 0.6 is 11.3 Å². The Kier molecular flexibility index (Phi) is 5.14. The molecule has 0 fully saturated rings. The first-order chi connectivity index (χ1) is 9.67. The van der Waals surface area contributed by atoms with Gasteiger partial charge in [-0.25, -0.2) is 0 Å². The molecule has 1 amide bonds. The Labute approximate surface area is 121 Å². The van der Waals surface area contributed by atoms with E-state index in [1.54, 1.807) is 28.4 Å². The lowest BCUT2D eigenvalue weighted by Gasteiger charge is -2.03. The quantitative estimate of drug-likeness (QED) is 0.711. The van der Waals surface area contributed by atoms with E-state index < -0.39 is 0 Å². The molecule has 0 saturated carbocycles. The van der Waals surface area contributed by atoms with E-state index in [0.29, 0.717) is 0 Å². The van der Waals surface area contributed by atoms with Crippen LogP contribution < -0.4 is 10.6 Å². The van der Waals surface area contributed by atoms with Crippen LogP contribution in [0.4, 0.5) is 5.69 Å². The number of amides is 1. The van der Waals surface area contributed by atoms with Gasteiger partial charge in [0.25, 0.3) is 0 Å². The van der Waals surface area contributed by atoms with Gasteiger partial charge in [0.05, 0.1) is 18.5 Å². The molecule has 6 nitrogen and oxygen atoms in total. The fraction of sp³-hybridized carbons (Fsp3) is 0.385. The fourth-order valence-electron chi connectivity index (χ4n) is 1.71.